The summed E-state index contributed by atoms with van der Waals surface area (Å²) in [5.74, 6) is -0.397. The van der Waals surface area contributed by atoms with E-state index >= 15 is 0 Å². The third-order valence-corrected chi connectivity index (χ3v) is 5.49. The first-order valence-electron chi connectivity index (χ1n) is 10.4. The predicted molar refractivity (Wildman–Crippen MR) is 148 cm³/mol. The summed E-state index contributed by atoms with van der Waals surface area (Å²) >= 11 is 6.75. The number of carbonyl (C=O) groups excluding carboxylic acids is 2. The van der Waals surface area contributed by atoms with Gasteiger partial charge in [-0.2, -0.15) is 10.2 Å². The van der Waals surface area contributed by atoms with Gasteiger partial charge in [-0.3, -0.25) is 30.4 Å². The lowest BCUT2D eigenvalue weighted by molar-refractivity contribution is -0.111. The van der Waals surface area contributed by atoms with Crippen LogP contribution in [-0.2, 0) is 9.59 Å². The van der Waals surface area contributed by atoms with Gasteiger partial charge in [-0.15, -0.1) is 0 Å². The third-order valence-electron chi connectivity index (χ3n) is 4.43. The van der Waals surface area contributed by atoms with Crippen LogP contribution in [-0.4, -0.2) is 47.5 Å². The van der Waals surface area contributed by atoms with Crippen molar-refractivity contribution >= 4 is 77.6 Å². The van der Waals surface area contributed by atoms with E-state index in [1.165, 1.54) is 13.8 Å². The number of nitrogens with one attached hydrogen (secondary N) is 2. The van der Waals surface area contributed by atoms with Gasteiger partial charge in [0, 0.05) is 22.8 Å². The summed E-state index contributed by atoms with van der Waals surface area (Å²) in [5.41, 5.74) is 8.75. The summed E-state index contributed by atoms with van der Waals surface area (Å²) in [6.45, 7) is 7.00. The molecular weight excluding hydrogens is 564 g/mol. The smallest absolute Gasteiger partial charge is 0.181 e. The minimum atomic E-state index is -0.199. The van der Waals surface area contributed by atoms with Crippen molar-refractivity contribution in [1.29, 1.82) is 0 Å². The molecule has 34 heavy (non-hydrogen) atoms. The summed E-state index contributed by atoms with van der Waals surface area (Å²) in [5, 5.41) is 8.41. The number of hydrazone groups is 2. The molecule has 0 aromatic heterocycles. The van der Waals surface area contributed by atoms with E-state index in [1.54, 1.807) is 13.8 Å². The Labute approximate surface area is 216 Å². The second-order valence-electron chi connectivity index (χ2n) is 7.20. The molecule has 2 aromatic carbocycles. The number of halogens is 2. The first kappa shape index (κ1) is 27.3. The van der Waals surface area contributed by atoms with Crippen LogP contribution in [0.1, 0.15) is 27.7 Å². The summed E-state index contributed by atoms with van der Waals surface area (Å²) in [4.78, 5) is 32.9. The van der Waals surface area contributed by atoms with Gasteiger partial charge >= 0.3 is 0 Å². The highest BCUT2D eigenvalue weighted by Gasteiger charge is 2.11. The summed E-state index contributed by atoms with van der Waals surface area (Å²) in [7, 11) is 0. The Morgan fingerprint density at radius 3 is 1.26 bits per heavy atom. The molecule has 2 N–H and O–H groups in total. The van der Waals surface area contributed by atoms with Gasteiger partial charge in [0.15, 0.2) is 11.6 Å². The molecule has 0 aliphatic heterocycles. The van der Waals surface area contributed by atoms with Gasteiger partial charge in [0.25, 0.3) is 0 Å². The van der Waals surface area contributed by atoms with Gasteiger partial charge in [0.1, 0.15) is 11.4 Å². The zero-order chi connectivity index (χ0) is 25.1. The number of anilines is 2. The number of Topliss-reactive ketones (excluding diaryl/α,β-unsaturated/α-hetero) is 2. The van der Waals surface area contributed by atoms with E-state index in [1.807, 2.05) is 48.5 Å². The van der Waals surface area contributed by atoms with Crippen molar-refractivity contribution in [3.05, 3.63) is 57.5 Å². The minimum absolute atomic E-state index is 0.199. The average Bonchev–Trinajstić information content (AvgIpc) is 2.79. The maximum absolute atomic E-state index is 12.0. The van der Waals surface area contributed by atoms with Crippen molar-refractivity contribution in [3.8, 4) is 0 Å². The molecular formula is C24H26Br2N6O2. The largest absolute Gasteiger partial charge is 0.293 e. The molecule has 178 valence electrons. The van der Waals surface area contributed by atoms with Crippen LogP contribution < -0.4 is 10.9 Å². The number of ketones is 2. The number of rotatable bonds is 11. The molecule has 0 aliphatic carbocycles. The Balaban J connectivity index is 2.02. The van der Waals surface area contributed by atoms with E-state index in [2.05, 4.69) is 62.9 Å². The molecule has 0 unspecified atom stereocenters. The van der Waals surface area contributed by atoms with Crippen molar-refractivity contribution < 1.29 is 9.59 Å². The molecule has 10 heteroatoms. The molecule has 0 fully saturated rings. The van der Waals surface area contributed by atoms with E-state index < -0.39 is 0 Å². The topological polar surface area (TPSA) is 108 Å². The van der Waals surface area contributed by atoms with Gasteiger partial charge in [0.2, 0.25) is 0 Å². The Kier molecular flexibility index (Phi) is 11.0. The van der Waals surface area contributed by atoms with Crippen LogP contribution in [0.2, 0.25) is 0 Å². The van der Waals surface area contributed by atoms with Crippen LogP contribution in [0.3, 0.4) is 0 Å². The molecule has 0 aliphatic rings. The maximum atomic E-state index is 12.0. The zero-order valence-corrected chi connectivity index (χ0v) is 22.6. The highest BCUT2D eigenvalue weighted by Crippen LogP contribution is 2.15. The molecule has 0 atom stereocenters. The summed E-state index contributed by atoms with van der Waals surface area (Å²) < 4.78 is 1.90. The van der Waals surface area contributed by atoms with Crippen molar-refractivity contribution in [1.82, 2.24) is 0 Å². The second-order valence-corrected chi connectivity index (χ2v) is 9.04. The van der Waals surface area contributed by atoms with Crippen LogP contribution in [0.4, 0.5) is 11.4 Å². The van der Waals surface area contributed by atoms with Gasteiger partial charge in [-0.05, 0) is 62.4 Å². The van der Waals surface area contributed by atoms with Gasteiger partial charge in [-0.1, -0.05) is 31.9 Å². The van der Waals surface area contributed by atoms with Crippen LogP contribution in [0.25, 0.3) is 0 Å². The fourth-order valence-corrected chi connectivity index (χ4v) is 3.23. The zero-order valence-electron chi connectivity index (χ0n) is 19.4. The summed E-state index contributed by atoms with van der Waals surface area (Å²) in [6, 6.07) is 14.9. The summed E-state index contributed by atoms with van der Waals surface area (Å²) in [6.07, 6.45) is 0. The molecule has 0 saturated heterocycles. The molecule has 0 amide bonds. The lowest BCUT2D eigenvalue weighted by atomic mass is 10.2. The monoisotopic (exact) mass is 588 g/mol. The normalized spacial score (nSPS) is 13.0. The molecule has 0 radical (unpaired) electrons. The molecule has 0 heterocycles. The van der Waals surface area contributed by atoms with Crippen LogP contribution in [0, 0.1) is 0 Å². The highest BCUT2D eigenvalue weighted by atomic mass is 79.9. The third kappa shape index (κ3) is 9.11. The van der Waals surface area contributed by atoms with Crippen LogP contribution in [0.5, 0.6) is 0 Å². The first-order chi connectivity index (χ1) is 16.2. The van der Waals surface area contributed by atoms with E-state index in [0.29, 0.717) is 24.5 Å². The predicted octanol–water partition coefficient (Wildman–Crippen LogP) is 5.55. The number of benzene rings is 2. The lowest BCUT2D eigenvalue weighted by Gasteiger charge is -2.06. The van der Waals surface area contributed by atoms with Gasteiger partial charge in [-0.25, -0.2) is 0 Å². The Morgan fingerprint density at radius 1 is 0.647 bits per heavy atom. The molecule has 0 bridgehead atoms. The standard InChI is InChI=1S/C24H26Br2N6O2/c1-15(23(17(3)33)31-29-21-9-5-19(25)6-10-21)27-13-14-28-16(2)24(18(4)34)32-30-22-11-7-20(26)8-12-22/h5-12,29-30H,13-14H2,1-4H3. The van der Waals surface area contributed by atoms with Crippen LogP contribution >= 0.6 is 31.9 Å². The SMILES string of the molecule is CC(=O)C(=NNc1ccc(Br)cc1)C(C)=NCCN=C(C)C(=NNc1ccc(Br)cc1)C(C)=O. The van der Waals surface area contributed by atoms with E-state index in [4.69, 9.17) is 0 Å². The number of nitrogens with zero attached hydrogens (tertiary/aromatic N) is 4. The Hall–Kier alpha value is -2.98. The molecule has 2 aromatic rings. The highest BCUT2D eigenvalue weighted by molar-refractivity contribution is 9.10. The molecule has 2 rings (SSSR count). The fraction of sp³-hybridized carbons (Fsp3) is 0.250. The average molecular weight is 590 g/mol. The number of hydrogen-bond donors (Lipinski definition) is 2. The van der Waals surface area contributed by atoms with Gasteiger partial charge in [0.05, 0.1) is 35.9 Å². The minimum Gasteiger partial charge on any atom is -0.293 e. The van der Waals surface area contributed by atoms with Crippen molar-refractivity contribution in [3.63, 3.8) is 0 Å². The quantitative estimate of drug-likeness (QED) is 0.203. The fourth-order valence-electron chi connectivity index (χ4n) is 2.70. The van der Waals surface area contributed by atoms with E-state index in [-0.39, 0.29) is 23.0 Å². The maximum Gasteiger partial charge on any atom is 0.181 e. The number of carbonyl (C=O) groups is 2. The van der Waals surface area contributed by atoms with E-state index in [0.717, 1.165) is 20.3 Å². The number of hydrogen-bond acceptors (Lipinski definition) is 8. The van der Waals surface area contributed by atoms with Crippen molar-refractivity contribution in [2.24, 2.45) is 20.2 Å². The second kappa shape index (κ2) is 13.7. The number of aliphatic imine (C=N–C) groups is 2. The lowest BCUT2D eigenvalue weighted by Crippen LogP contribution is -2.22. The Bertz CT molecular complexity index is 1050. The molecule has 0 spiro atoms. The molecule has 0 saturated carbocycles. The first-order valence-corrected chi connectivity index (χ1v) is 12.0. The Morgan fingerprint density at radius 2 is 0.971 bits per heavy atom. The molecule has 8 nitrogen and oxygen atoms in total. The van der Waals surface area contributed by atoms with Crippen LogP contribution in [0.15, 0.2) is 77.7 Å². The van der Waals surface area contributed by atoms with Crippen molar-refractivity contribution in [2.45, 2.75) is 27.7 Å². The van der Waals surface area contributed by atoms with Crippen molar-refractivity contribution in [2.75, 3.05) is 23.9 Å². The van der Waals surface area contributed by atoms with Gasteiger partial charge < -0.3 is 0 Å². The van der Waals surface area contributed by atoms with E-state index in [9.17, 15) is 9.59 Å².